The van der Waals surface area contributed by atoms with Crippen molar-refractivity contribution >= 4 is 22.2 Å². The molecule has 7 heteroatoms. The van der Waals surface area contributed by atoms with Gasteiger partial charge in [0.2, 0.25) is 5.91 Å². The molecule has 0 unspecified atom stereocenters. The highest BCUT2D eigenvalue weighted by molar-refractivity contribution is 7.15. The van der Waals surface area contributed by atoms with Gasteiger partial charge in [0, 0.05) is 29.4 Å². The Labute approximate surface area is 172 Å². The highest BCUT2D eigenvalue weighted by Gasteiger charge is 2.15. The quantitative estimate of drug-likeness (QED) is 0.504. The second-order valence-corrected chi connectivity index (χ2v) is 7.35. The van der Waals surface area contributed by atoms with Crippen LogP contribution in [0.25, 0.3) is 16.2 Å². The number of ether oxygens (including phenoxy) is 2. The van der Waals surface area contributed by atoms with E-state index in [2.05, 4.69) is 5.32 Å². The van der Waals surface area contributed by atoms with E-state index in [0.717, 1.165) is 39.0 Å². The Morgan fingerprint density at radius 3 is 2.72 bits per heavy atom. The highest BCUT2D eigenvalue weighted by atomic mass is 32.1. The SMILES string of the molecule is COc1ccc(OC)c(-c2cn3c(CC(=O)NCc4ccccc4)csc3n2)c1. The topological polar surface area (TPSA) is 64.9 Å². The molecule has 0 aliphatic heterocycles. The molecule has 0 fully saturated rings. The monoisotopic (exact) mass is 407 g/mol. The summed E-state index contributed by atoms with van der Waals surface area (Å²) in [6.07, 6.45) is 2.22. The molecule has 0 aliphatic carbocycles. The molecule has 0 bridgehead atoms. The van der Waals surface area contributed by atoms with Gasteiger partial charge >= 0.3 is 0 Å². The van der Waals surface area contributed by atoms with Crippen LogP contribution in [0.5, 0.6) is 11.5 Å². The van der Waals surface area contributed by atoms with Crippen LogP contribution in [0.15, 0.2) is 60.1 Å². The fourth-order valence-electron chi connectivity index (χ4n) is 3.12. The zero-order chi connectivity index (χ0) is 20.2. The van der Waals surface area contributed by atoms with Crippen LogP contribution >= 0.6 is 11.3 Å². The molecule has 0 aliphatic rings. The number of methoxy groups -OCH3 is 2. The van der Waals surface area contributed by atoms with Gasteiger partial charge in [-0.1, -0.05) is 30.3 Å². The van der Waals surface area contributed by atoms with Crippen molar-refractivity contribution in [2.75, 3.05) is 14.2 Å². The van der Waals surface area contributed by atoms with Gasteiger partial charge in [-0.05, 0) is 23.8 Å². The molecule has 0 atom stereocenters. The number of hydrogen-bond donors (Lipinski definition) is 1. The molecule has 4 aromatic rings. The minimum atomic E-state index is -0.0252. The molecule has 4 rings (SSSR count). The fraction of sp³-hybridized carbons (Fsp3) is 0.182. The van der Waals surface area contributed by atoms with E-state index >= 15 is 0 Å². The number of fused-ring (bicyclic) bond motifs is 1. The number of hydrogen-bond acceptors (Lipinski definition) is 5. The predicted molar refractivity (Wildman–Crippen MR) is 114 cm³/mol. The molecule has 148 valence electrons. The summed E-state index contributed by atoms with van der Waals surface area (Å²) in [6.45, 7) is 0.517. The molecule has 2 heterocycles. The minimum Gasteiger partial charge on any atom is -0.497 e. The number of rotatable bonds is 7. The van der Waals surface area contributed by atoms with Crippen molar-refractivity contribution in [3.63, 3.8) is 0 Å². The normalized spacial score (nSPS) is 10.8. The number of thiazole rings is 1. The molecule has 6 nitrogen and oxygen atoms in total. The molecule has 0 spiro atoms. The maximum atomic E-state index is 12.4. The lowest BCUT2D eigenvalue weighted by Gasteiger charge is -2.08. The van der Waals surface area contributed by atoms with E-state index in [4.69, 9.17) is 14.5 Å². The standard InChI is InChI=1S/C22H21N3O3S/c1-27-17-8-9-20(28-2)18(11-17)19-13-25-16(14-29-22(25)24-19)10-21(26)23-12-15-6-4-3-5-7-15/h3-9,11,13-14H,10,12H2,1-2H3,(H,23,26). The number of amides is 1. The largest absolute Gasteiger partial charge is 0.497 e. The summed E-state index contributed by atoms with van der Waals surface area (Å²) in [5.74, 6) is 1.43. The van der Waals surface area contributed by atoms with Crippen molar-refractivity contribution in [2.24, 2.45) is 0 Å². The van der Waals surface area contributed by atoms with E-state index in [1.807, 2.05) is 64.5 Å². The lowest BCUT2D eigenvalue weighted by atomic mass is 10.1. The first kappa shape index (κ1) is 19.0. The third-order valence-corrected chi connectivity index (χ3v) is 5.53. The van der Waals surface area contributed by atoms with E-state index in [1.54, 1.807) is 14.2 Å². The summed E-state index contributed by atoms with van der Waals surface area (Å²) < 4.78 is 12.8. The lowest BCUT2D eigenvalue weighted by Crippen LogP contribution is -2.24. The van der Waals surface area contributed by atoms with Crippen LogP contribution in [0.3, 0.4) is 0 Å². The van der Waals surface area contributed by atoms with Gasteiger partial charge in [0.15, 0.2) is 4.96 Å². The van der Waals surface area contributed by atoms with E-state index in [-0.39, 0.29) is 12.3 Å². The van der Waals surface area contributed by atoms with Crippen molar-refractivity contribution in [1.29, 1.82) is 0 Å². The summed E-state index contributed by atoms with van der Waals surface area (Å²) in [6, 6.07) is 15.5. The first-order chi connectivity index (χ1) is 14.2. The van der Waals surface area contributed by atoms with Crippen LogP contribution in [-0.2, 0) is 17.8 Å². The van der Waals surface area contributed by atoms with Gasteiger partial charge < -0.3 is 14.8 Å². The second kappa shape index (κ2) is 8.36. The van der Waals surface area contributed by atoms with Gasteiger partial charge in [-0.25, -0.2) is 4.98 Å². The van der Waals surface area contributed by atoms with Crippen LogP contribution in [-0.4, -0.2) is 29.5 Å². The number of aromatic nitrogens is 2. The predicted octanol–water partition coefficient (Wildman–Crippen LogP) is 3.94. The summed E-state index contributed by atoms with van der Waals surface area (Å²) >= 11 is 1.51. The Morgan fingerprint density at radius 1 is 1.14 bits per heavy atom. The van der Waals surface area contributed by atoms with Crippen molar-refractivity contribution < 1.29 is 14.3 Å². The van der Waals surface area contributed by atoms with E-state index in [1.165, 1.54) is 11.3 Å². The smallest absolute Gasteiger partial charge is 0.226 e. The van der Waals surface area contributed by atoms with Crippen LogP contribution in [0.2, 0.25) is 0 Å². The van der Waals surface area contributed by atoms with Crippen LogP contribution in [0.4, 0.5) is 0 Å². The molecule has 0 saturated carbocycles. The molecule has 0 radical (unpaired) electrons. The first-order valence-corrected chi connectivity index (χ1v) is 10.0. The number of carbonyl (C=O) groups is 1. The number of nitrogens with one attached hydrogen (secondary N) is 1. The average Bonchev–Trinajstić information content (AvgIpc) is 3.34. The fourth-order valence-corrected chi connectivity index (χ4v) is 4.00. The number of imidazole rings is 1. The molecule has 1 N–H and O–H groups in total. The van der Waals surface area contributed by atoms with E-state index in [9.17, 15) is 4.79 Å². The van der Waals surface area contributed by atoms with Gasteiger partial charge in [-0.2, -0.15) is 0 Å². The number of benzene rings is 2. The zero-order valence-corrected chi connectivity index (χ0v) is 17.0. The maximum absolute atomic E-state index is 12.4. The molecule has 2 aromatic carbocycles. The van der Waals surface area contributed by atoms with Gasteiger partial charge in [-0.3, -0.25) is 9.20 Å². The maximum Gasteiger partial charge on any atom is 0.226 e. The Kier molecular flexibility index (Phi) is 5.48. The van der Waals surface area contributed by atoms with Crippen LogP contribution in [0.1, 0.15) is 11.3 Å². The summed E-state index contributed by atoms with van der Waals surface area (Å²) in [5.41, 5.74) is 3.60. The summed E-state index contributed by atoms with van der Waals surface area (Å²) in [5, 5.41) is 4.94. The van der Waals surface area contributed by atoms with E-state index < -0.39 is 0 Å². The minimum absolute atomic E-state index is 0.0252. The van der Waals surface area contributed by atoms with Crippen LogP contribution < -0.4 is 14.8 Å². The number of carbonyl (C=O) groups excluding carboxylic acids is 1. The van der Waals surface area contributed by atoms with Gasteiger partial charge in [0.05, 0.1) is 26.3 Å². The van der Waals surface area contributed by atoms with E-state index in [0.29, 0.717) is 6.54 Å². The molecule has 29 heavy (non-hydrogen) atoms. The molecule has 0 saturated heterocycles. The number of nitrogens with zero attached hydrogens (tertiary/aromatic N) is 2. The summed E-state index contributed by atoms with van der Waals surface area (Å²) in [7, 11) is 3.26. The van der Waals surface area contributed by atoms with Crippen molar-refractivity contribution in [2.45, 2.75) is 13.0 Å². The van der Waals surface area contributed by atoms with Crippen molar-refractivity contribution in [1.82, 2.24) is 14.7 Å². The van der Waals surface area contributed by atoms with Crippen molar-refractivity contribution in [3.8, 4) is 22.8 Å². The van der Waals surface area contributed by atoms with Gasteiger partial charge in [0.1, 0.15) is 11.5 Å². The average molecular weight is 407 g/mol. The Hall–Kier alpha value is -3.32. The summed E-state index contributed by atoms with van der Waals surface area (Å²) in [4.78, 5) is 17.9. The molecule has 1 amide bonds. The Bertz CT molecular complexity index is 1130. The molecule has 2 aromatic heterocycles. The lowest BCUT2D eigenvalue weighted by molar-refractivity contribution is -0.120. The van der Waals surface area contributed by atoms with Crippen LogP contribution in [0, 0.1) is 0 Å². The third kappa shape index (κ3) is 4.09. The van der Waals surface area contributed by atoms with Gasteiger partial charge in [-0.15, -0.1) is 11.3 Å². The molecular formula is C22H21N3O3S. The van der Waals surface area contributed by atoms with Crippen molar-refractivity contribution in [3.05, 3.63) is 71.4 Å². The highest BCUT2D eigenvalue weighted by Crippen LogP contribution is 2.34. The third-order valence-electron chi connectivity index (χ3n) is 4.64. The Morgan fingerprint density at radius 2 is 1.97 bits per heavy atom. The second-order valence-electron chi connectivity index (χ2n) is 6.51. The Balaban J connectivity index is 1.54. The first-order valence-electron chi connectivity index (χ1n) is 9.16. The molecular weight excluding hydrogens is 386 g/mol. The zero-order valence-electron chi connectivity index (χ0n) is 16.2. The van der Waals surface area contributed by atoms with Gasteiger partial charge in [0.25, 0.3) is 0 Å².